The highest BCUT2D eigenvalue weighted by molar-refractivity contribution is 6.03. The first-order valence-corrected chi connectivity index (χ1v) is 4.04. The molecule has 0 aromatic heterocycles. The number of fused-ring (bicyclic) bond motifs is 2. The number of carbonyl (C=O) groups is 2. The zero-order chi connectivity index (χ0) is 10.5. The Morgan fingerprint density at radius 2 is 2.07 bits per heavy atom. The molecule has 2 bridgehead atoms. The monoisotopic (exact) mass is 196 g/mol. The van der Waals surface area contributed by atoms with Crippen molar-refractivity contribution in [3.8, 4) is 0 Å². The van der Waals surface area contributed by atoms with Crippen molar-refractivity contribution in [3.05, 3.63) is 23.3 Å². The van der Waals surface area contributed by atoms with E-state index in [0.29, 0.717) is 0 Å². The van der Waals surface area contributed by atoms with E-state index in [1.54, 1.807) is 19.1 Å². The van der Waals surface area contributed by atoms with Crippen LogP contribution in [0, 0.1) is 0 Å². The van der Waals surface area contributed by atoms with Gasteiger partial charge in [0.2, 0.25) is 0 Å². The molecule has 0 aliphatic carbocycles. The SMILES string of the molecule is C[C@]12C=C[C@@H](O1)C(C(=O)O)=C2C(=O)O. The van der Waals surface area contributed by atoms with E-state index in [4.69, 9.17) is 14.9 Å². The maximum atomic E-state index is 10.9. The van der Waals surface area contributed by atoms with Crippen molar-refractivity contribution in [1.29, 1.82) is 0 Å². The molecule has 2 N–H and O–H groups in total. The molecule has 5 nitrogen and oxygen atoms in total. The highest BCUT2D eigenvalue weighted by Gasteiger charge is 2.50. The van der Waals surface area contributed by atoms with Gasteiger partial charge in [0.15, 0.2) is 0 Å². The van der Waals surface area contributed by atoms with Gasteiger partial charge in [0.05, 0.1) is 11.1 Å². The lowest BCUT2D eigenvalue weighted by Gasteiger charge is -2.17. The first kappa shape index (κ1) is 8.96. The molecule has 2 atom stereocenters. The fourth-order valence-corrected chi connectivity index (χ4v) is 1.88. The number of carboxylic acids is 2. The number of rotatable bonds is 2. The molecule has 2 heterocycles. The molecule has 0 aromatic rings. The fourth-order valence-electron chi connectivity index (χ4n) is 1.88. The molecule has 5 heteroatoms. The third-order valence-corrected chi connectivity index (χ3v) is 2.46. The maximum Gasteiger partial charge on any atom is 0.335 e. The van der Waals surface area contributed by atoms with E-state index in [0.717, 1.165) is 0 Å². The summed E-state index contributed by atoms with van der Waals surface area (Å²) in [7, 11) is 0. The van der Waals surface area contributed by atoms with Crippen LogP contribution in [0.25, 0.3) is 0 Å². The summed E-state index contributed by atoms with van der Waals surface area (Å²) in [6.45, 7) is 1.54. The molecule has 0 spiro atoms. The van der Waals surface area contributed by atoms with Crippen LogP contribution in [0.4, 0.5) is 0 Å². The minimum absolute atomic E-state index is 0.164. The normalized spacial score (nSPS) is 33.9. The van der Waals surface area contributed by atoms with Crippen LogP contribution in [0.15, 0.2) is 23.3 Å². The molecule has 2 rings (SSSR count). The summed E-state index contributed by atoms with van der Waals surface area (Å²) in [6.07, 6.45) is 2.42. The van der Waals surface area contributed by atoms with Crippen molar-refractivity contribution in [2.45, 2.75) is 18.6 Å². The lowest BCUT2D eigenvalue weighted by Crippen LogP contribution is -2.27. The Kier molecular flexibility index (Phi) is 1.57. The third-order valence-electron chi connectivity index (χ3n) is 2.46. The van der Waals surface area contributed by atoms with Gasteiger partial charge in [-0.25, -0.2) is 9.59 Å². The Bertz CT molecular complexity index is 392. The van der Waals surface area contributed by atoms with E-state index in [2.05, 4.69) is 0 Å². The van der Waals surface area contributed by atoms with Gasteiger partial charge in [-0.05, 0) is 13.0 Å². The number of hydrogen-bond acceptors (Lipinski definition) is 3. The lowest BCUT2D eigenvalue weighted by atomic mass is 9.88. The van der Waals surface area contributed by atoms with E-state index in [1.165, 1.54) is 0 Å². The van der Waals surface area contributed by atoms with Crippen LogP contribution >= 0.6 is 0 Å². The zero-order valence-corrected chi connectivity index (χ0v) is 7.35. The molecular formula is C9H8O5. The van der Waals surface area contributed by atoms with Crippen LogP contribution in [0.3, 0.4) is 0 Å². The Labute approximate surface area is 79.3 Å². The molecule has 0 saturated heterocycles. The van der Waals surface area contributed by atoms with Crippen LogP contribution < -0.4 is 0 Å². The van der Waals surface area contributed by atoms with Gasteiger partial charge in [-0.15, -0.1) is 0 Å². The standard InChI is InChI=1S/C9H8O5/c1-9-3-2-4(14-9)5(7(10)11)6(9)8(12)13/h2-4H,1H3,(H,10,11)(H,12,13)/t4-,9-/m1/s1. The minimum atomic E-state index is -1.24. The Morgan fingerprint density at radius 3 is 2.50 bits per heavy atom. The zero-order valence-electron chi connectivity index (χ0n) is 7.35. The molecular weight excluding hydrogens is 188 g/mol. The van der Waals surface area contributed by atoms with Gasteiger partial charge < -0.3 is 14.9 Å². The van der Waals surface area contributed by atoms with E-state index >= 15 is 0 Å². The van der Waals surface area contributed by atoms with Crippen LogP contribution in [-0.4, -0.2) is 33.9 Å². The van der Waals surface area contributed by atoms with Crippen molar-refractivity contribution < 1.29 is 24.5 Å². The summed E-state index contributed by atoms with van der Waals surface area (Å²) < 4.78 is 5.26. The van der Waals surface area contributed by atoms with Crippen LogP contribution in [0.1, 0.15) is 6.92 Å². The Hall–Kier alpha value is -1.62. The quantitative estimate of drug-likeness (QED) is 0.615. The smallest absolute Gasteiger partial charge is 0.335 e. The van der Waals surface area contributed by atoms with Crippen LogP contribution in [0.2, 0.25) is 0 Å². The van der Waals surface area contributed by atoms with Gasteiger partial charge in [-0.1, -0.05) is 6.08 Å². The maximum absolute atomic E-state index is 10.9. The summed E-state index contributed by atoms with van der Waals surface area (Å²) in [6, 6.07) is 0. The third kappa shape index (κ3) is 0.927. The largest absolute Gasteiger partial charge is 0.478 e. The van der Waals surface area contributed by atoms with E-state index in [9.17, 15) is 9.59 Å². The molecule has 0 unspecified atom stereocenters. The van der Waals surface area contributed by atoms with Gasteiger partial charge in [0.25, 0.3) is 0 Å². The number of hydrogen-bond donors (Lipinski definition) is 2. The lowest BCUT2D eigenvalue weighted by molar-refractivity contribution is -0.136. The highest BCUT2D eigenvalue weighted by atomic mass is 16.5. The van der Waals surface area contributed by atoms with Gasteiger partial charge in [-0.3, -0.25) is 0 Å². The number of ether oxygens (including phenoxy) is 1. The Morgan fingerprint density at radius 1 is 1.43 bits per heavy atom. The Balaban J connectivity index is 2.58. The first-order valence-electron chi connectivity index (χ1n) is 4.04. The van der Waals surface area contributed by atoms with Gasteiger partial charge in [-0.2, -0.15) is 0 Å². The second-order valence-corrected chi connectivity index (χ2v) is 3.40. The van der Waals surface area contributed by atoms with E-state index < -0.39 is 23.6 Å². The molecule has 2 aliphatic heterocycles. The summed E-state index contributed by atoms with van der Waals surface area (Å²) in [5.74, 6) is -2.47. The van der Waals surface area contributed by atoms with Crippen LogP contribution in [-0.2, 0) is 14.3 Å². The van der Waals surface area contributed by atoms with Crippen LogP contribution in [0.5, 0.6) is 0 Å². The predicted octanol–water partition coefficient (Wildman–Crippen LogP) is 0.179. The number of carboxylic acid groups (broad SMARTS) is 2. The van der Waals surface area contributed by atoms with Gasteiger partial charge >= 0.3 is 11.9 Å². The first-order chi connectivity index (χ1) is 6.46. The molecule has 0 fully saturated rings. The predicted molar refractivity (Wildman–Crippen MR) is 44.7 cm³/mol. The van der Waals surface area contributed by atoms with Gasteiger partial charge in [0.1, 0.15) is 11.7 Å². The molecule has 14 heavy (non-hydrogen) atoms. The van der Waals surface area contributed by atoms with Gasteiger partial charge in [0, 0.05) is 0 Å². The average Bonchev–Trinajstić information content (AvgIpc) is 2.55. The second kappa shape index (κ2) is 2.45. The summed E-state index contributed by atoms with van der Waals surface area (Å²) in [4.78, 5) is 21.7. The summed E-state index contributed by atoms with van der Waals surface area (Å²) >= 11 is 0. The van der Waals surface area contributed by atoms with Crippen molar-refractivity contribution >= 4 is 11.9 Å². The minimum Gasteiger partial charge on any atom is -0.478 e. The van der Waals surface area contributed by atoms with Crippen molar-refractivity contribution in [1.82, 2.24) is 0 Å². The summed E-state index contributed by atoms with van der Waals surface area (Å²) in [5.41, 5.74) is -1.41. The van der Waals surface area contributed by atoms with E-state index in [-0.39, 0.29) is 11.1 Å². The summed E-state index contributed by atoms with van der Waals surface area (Å²) in [5, 5.41) is 17.7. The van der Waals surface area contributed by atoms with Crippen molar-refractivity contribution in [3.63, 3.8) is 0 Å². The topological polar surface area (TPSA) is 83.8 Å². The second-order valence-electron chi connectivity index (χ2n) is 3.40. The average molecular weight is 196 g/mol. The fraction of sp³-hybridized carbons (Fsp3) is 0.333. The number of aliphatic carboxylic acids is 2. The molecule has 2 aliphatic rings. The highest BCUT2D eigenvalue weighted by Crippen LogP contribution is 2.42. The molecule has 74 valence electrons. The van der Waals surface area contributed by atoms with Crippen molar-refractivity contribution in [2.75, 3.05) is 0 Å². The molecule has 0 amide bonds. The molecule has 0 saturated carbocycles. The van der Waals surface area contributed by atoms with Crippen molar-refractivity contribution in [2.24, 2.45) is 0 Å². The molecule has 0 radical (unpaired) electrons. The van der Waals surface area contributed by atoms with E-state index in [1.807, 2.05) is 0 Å². The molecule has 0 aromatic carbocycles.